The van der Waals surface area contributed by atoms with Crippen molar-refractivity contribution < 1.29 is 4.39 Å². The van der Waals surface area contributed by atoms with Gasteiger partial charge >= 0.3 is 0 Å². The summed E-state index contributed by atoms with van der Waals surface area (Å²) in [4.78, 5) is 0. The van der Waals surface area contributed by atoms with E-state index < -0.39 is 5.67 Å². The van der Waals surface area contributed by atoms with E-state index in [0.717, 1.165) is 16.6 Å². The van der Waals surface area contributed by atoms with E-state index in [4.69, 9.17) is 0 Å². The normalized spacial score (nSPS) is 29.5. The number of nitrogens with one attached hydrogen (secondary N) is 1. The summed E-state index contributed by atoms with van der Waals surface area (Å²) in [5.74, 6) is 0. The zero-order chi connectivity index (χ0) is 8.60. The van der Waals surface area contributed by atoms with E-state index in [1.165, 1.54) is 11.3 Å². The molecule has 66 valence electrons. The first kappa shape index (κ1) is 8.66. The third kappa shape index (κ3) is 1.32. The molecule has 0 bridgehead atoms. The molecule has 0 saturated carbocycles. The lowest BCUT2D eigenvalue weighted by molar-refractivity contribution is 0.193. The highest BCUT2D eigenvalue weighted by Gasteiger charge is 2.37. The smallest absolute Gasteiger partial charge is 0.151 e. The van der Waals surface area contributed by atoms with Crippen LogP contribution in [-0.4, -0.2) is 13.1 Å². The van der Waals surface area contributed by atoms with Crippen LogP contribution in [0.3, 0.4) is 0 Å². The monoisotopic (exact) mass is 249 g/mol. The van der Waals surface area contributed by atoms with Gasteiger partial charge < -0.3 is 5.32 Å². The average Bonchev–Trinajstić information content (AvgIpc) is 2.59. The second-order valence-corrected chi connectivity index (χ2v) is 4.62. The van der Waals surface area contributed by atoms with Gasteiger partial charge in [-0.15, -0.1) is 0 Å². The lowest BCUT2D eigenvalue weighted by Crippen LogP contribution is -2.22. The van der Waals surface area contributed by atoms with Crippen molar-refractivity contribution in [3.05, 3.63) is 20.8 Å². The van der Waals surface area contributed by atoms with E-state index >= 15 is 0 Å². The van der Waals surface area contributed by atoms with Crippen LogP contribution in [0.5, 0.6) is 0 Å². The summed E-state index contributed by atoms with van der Waals surface area (Å²) in [5, 5.41) is 6.85. The molecule has 0 radical (unpaired) electrons. The van der Waals surface area contributed by atoms with Crippen molar-refractivity contribution in [3.8, 4) is 0 Å². The van der Waals surface area contributed by atoms with E-state index in [1.807, 2.05) is 10.8 Å². The number of thiophene rings is 1. The molecule has 0 spiro atoms. The Labute approximate surface area is 83.1 Å². The van der Waals surface area contributed by atoms with E-state index in [2.05, 4.69) is 21.2 Å². The molecule has 1 atom stereocenters. The van der Waals surface area contributed by atoms with Gasteiger partial charge in [-0.1, -0.05) is 0 Å². The van der Waals surface area contributed by atoms with Gasteiger partial charge in [0.15, 0.2) is 5.67 Å². The SMILES string of the molecule is FC1(c2cscc2Br)CCNC1. The molecule has 1 aliphatic heterocycles. The molecule has 4 heteroatoms. The van der Waals surface area contributed by atoms with Crippen molar-refractivity contribution in [1.82, 2.24) is 5.32 Å². The highest BCUT2D eigenvalue weighted by molar-refractivity contribution is 9.10. The zero-order valence-corrected chi connectivity index (χ0v) is 8.84. The van der Waals surface area contributed by atoms with Gasteiger partial charge in [-0.2, -0.15) is 11.3 Å². The molecule has 1 N–H and O–H groups in total. The summed E-state index contributed by atoms with van der Waals surface area (Å²) in [5.41, 5.74) is -0.337. The predicted octanol–water partition coefficient (Wildman–Crippen LogP) is 2.67. The fraction of sp³-hybridized carbons (Fsp3) is 0.500. The van der Waals surface area contributed by atoms with Gasteiger partial charge in [-0.3, -0.25) is 0 Å². The van der Waals surface area contributed by atoms with Crippen molar-refractivity contribution in [2.24, 2.45) is 0 Å². The maximum atomic E-state index is 14.1. The van der Waals surface area contributed by atoms with Crippen molar-refractivity contribution in [1.29, 1.82) is 0 Å². The predicted molar refractivity (Wildman–Crippen MR) is 52.3 cm³/mol. The minimum atomic E-state index is -1.14. The fourth-order valence-electron chi connectivity index (χ4n) is 1.49. The molecule has 0 amide bonds. The van der Waals surface area contributed by atoms with Gasteiger partial charge in [0.05, 0.1) is 0 Å². The Hall–Kier alpha value is 0.0700. The number of halogens is 2. The van der Waals surface area contributed by atoms with Crippen molar-refractivity contribution in [2.45, 2.75) is 12.1 Å². The second-order valence-electron chi connectivity index (χ2n) is 3.03. The van der Waals surface area contributed by atoms with Crippen molar-refractivity contribution in [3.63, 3.8) is 0 Å². The molecule has 2 rings (SSSR count). The molecule has 1 saturated heterocycles. The maximum Gasteiger partial charge on any atom is 0.151 e. The first-order valence-corrected chi connectivity index (χ1v) is 5.58. The molecule has 2 heterocycles. The van der Waals surface area contributed by atoms with Crippen LogP contribution in [0.2, 0.25) is 0 Å². The summed E-state index contributed by atoms with van der Waals surface area (Å²) in [6, 6.07) is 0. The molecule has 1 aromatic heterocycles. The zero-order valence-electron chi connectivity index (χ0n) is 6.44. The summed E-state index contributed by atoms with van der Waals surface area (Å²) in [6.07, 6.45) is 0.586. The van der Waals surface area contributed by atoms with Gasteiger partial charge in [0, 0.05) is 22.0 Å². The molecular formula is C8H9BrFNS. The molecule has 1 fully saturated rings. The summed E-state index contributed by atoms with van der Waals surface area (Å²) < 4.78 is 15.0. The van der Waals surface area contributed by atoms with Gasteiger partial charge in [0.25, 0.3) is 0 Å². The Morgan fingerprint density at radius 3 is 2.92 bits per heavy atom. The van der Waals surface area contributed by atoms with Crippen LogP contribution in [0.25, 0.3) is 0 Å². The van der Waals surface area contributed by atoms with Crippen LogP contribution in [0.15, 0.2) is 15.2 Å². The molecule has 12 heavy (non-hydrogen) atoms. The first-order valence-electron chi connectivity index (χ1n) is 3.84. The number of hydrogen-bond acceptors (Lipinski definition) is 2. The van der Waals surface area contributed by atoms with Crippen LogP contribution in [-0.2, 0) is 5.67 Å². The van der Waals surface area contributed by atoms with Crippen molar-refractivity contribution >= 4 is 27.3 Å². The molecule has 1 unspecified atom stereocenters. The summed E-state index contributed by atoms with van der Waals surface area (Å²) in [7, 11) is 0. The Balaban J connectivity index is 2.34. The Kier molecular flexibility index (Phi) is 2.23. The van der Waals surface area contributed by atoms with Gasteiger partial charge in [0.1, 0.15) is 0 Å². The minimum Gasteiger partial charge on any atom is -0.313 e. The van der Waals surface area contributed by atoms with Crippen LogP contribution in [0, 0.1) is 0 Å². The highest BCUT2D eigenvalue weighted by atomic mass is 79.9. The van der Waals surface area contributed by atoms with Crippen LogP contribution >= 0.6 is 27.3 Å². The molecule has 1 nitrogen and oxygen atoms in total. The molecule has 0 aromatic carbocycles. The fourth-order valence-corrected chi connectivity index (χ4v) is 3.23. The van der Waals surface area contributed by atoms with Gasteiger partial charge in [0.2, 0.25) is 0 Å². The molecule has 1 aliphatic rings. The Morgan fingerprint density at radius 1 is 1.58 bits per heavy atom. The van der Waals surface area contributed by atoms with Crippen LogP contribution in [0.4, 0.5) is 4.39 Å². The maximum absolute atomic E-state index is 14.1. The number of alkyl halides is 1. The molecule has 1 aromatic rings. The lowest BCUT2D eigenvalue weighted by atomic mass is 9.98. The topological polar surface area (TPSA) is 12.0 Å². The summed E-state index contributed by atoms with van der Waals surface area (Å²) >= 11 is 4.89. The standard InChI is InChI=1S/C8H9BrFNS/c9-7-4-12-3-6(7)8(10)1-2-11-5-8/h3-4,11H,1-2,5H2. The lowest BCUT2D eigenvalue weighted by Gasteiger charge is -2.17. The van der Waals surface area contributed by atoms with E-state index in [1.54, 1.807) is 0 Å². The van der Waals surface area contributed by atoms with E-state index in [9.17, 15) is 4.39 Å². The Bertz CT molecular complexity index is 280. The van der Waals surface area contributed by atoms with E-state index in [-0.39, 0.29) is 0 Å². The highest BCUT2D eigenvalue weighted by Crippen LogP contribution is 2.38. The largest absolute Gasteiger partial charge is 0.313 e. The van der Waals surface area contributed by atoms with Gasteiger partial charge in [-0.25, -0.2) is 4.39 Å². The quantitative estimate of drug-likeness (QED) is 0.808. The van der Waals surface area contributed by atoms with Crippen LogP contribution < -0.4 is 5.32 Å². The third-order valence-electron chi connectivity index (χ3n) is 2.20. The number of hydrogen-bond donors (Lipinski definition) is 1. The average molecular weight is 250 g/mol. The van der Waals surface area contributed by atoms with E-state index in [0.29, 0.717) is 13.0 Å². The molecular weight excluding hydrogens is 241 g/mol. The first-order chi connectivity index (χ1) is 5.72. The third-order valence-corrected chi connectivity index (χ3v) is 3.90. The number of rotatable bonds is 1. The Morgan fingerprint density at radius 2 is 2.42 bits per heavy atom. The minimum absolute atomic E-state index is 0.447. The van der Waals surface area contributed by atoms with Crippen LogP contribution in [0.1, 0.15) is 12.0 Å². The molecule has 0 aliphatic carbocycles. The van der Waals surface area contributed by atoms with Gasteiger partial charge in [-0.05, 0) is 34.3 Å². The summed E-state index contributed by atoms with van der Waals surface area (Å²) in [6.45, 7) is 1.22. The second kappa shape index (κ2) is 3.09. The van der Waals surface area contributed by atoms with Crippen molar-refractivity contribution in [2.75, 3.05) is 13.1 Å².